The van der Waals surface area contributed by atoms with Gasteiger partial charge in [-0.3, -0.25) is 0 Å². The van der Waals surface area contributed by atoms with Gasteiger partial charge in [-0.05, 0) is 24.3 Å². The largest absolute Gasteiger partial charge is 0.491 e. The zero-order valence-electron chi connectivity index (χ0n) is 9.26. The van der Waals surface area contributed by atoms with Crippen molar-refractivity contribution in [3.8, 4) is 11.4 Å². The molecule has 18 heavy (non-hydrogen) atoms. The number of carboxylic acid groups (broad SMARTS) is 1. The SMILES string of the molecule is O=C(O)c1cc2n(n1)-c1ccc(Br)cc1OCC2. The van der Waals surface area contributed by atoms with Gasteiger partial charge in [0.05, 0.1) is 6.61 Å². The van der Waals surface area contributed by atoms with Crippen LogP contribution in [0, 0.1) is 0 Å². The monoisotopic (exact) mass is 308 g/mol. The van der Waals surface area contributed by atoms with E-state index < -0.39 is 5.97 Å². The van der Waals surface area contributed by atoms with Crippen molar-refractivity contribution in [2.24, 2.45) is 0 Å². The third-order valence-electron chi connectivity index (χ3n) is 2.77. The first-order valence-corrected chi connectivity index (χ1v) is 6.19. The summed E-state index contributed by atoms with van der Waals surface area (Å²) >= 11 is 3.38. The predicted molar refractivity (Wildman–Crippen MR) is 67.4 cm³/mol. The molecule has 1 aliphatic rings. The van der Waals surface area contributed by atoms with Crippen molar-refractivity contribution >= 4 is 21.9 Å². The van der Waals surface area contributed by atoms with Crippen molar-refractivity contribution in [3.05, 3.63) is 40.1 Å². The average Bonchev–Trinajstić information content (AvgIpc) is 2.67. The molecular weight excluding hydrogens is 300 g/mol. The van der Waals surface area contributed by atoms with E-state index in [-0.39, 0.29) is 5.69 Å². The third-order valence-corrected chi connectivity index (χ3v) is 3.26. The van der Waals surface area contributed by atoms with Crippen LogP contribution in [0.2, 0.25) is 0 Å². The fourth-order valence-corrected chi connectivity index (χ4v) is 2.30. The van der Waals surface area contributed by atoms with Gasteiger partial charge in [0.15, 0.2) is 5.69 Å². The van der Waals surface area contributed by atoms with E-state index in [1.54, 1.807) is 10.7 Å². The molecule has 0 aliphatic carbocycles. The quantitative estimate of drug-likeness (QED) is 0.877. The summed E-state index contributed by atoms with van der Waals surface area (Å²) in [5.74, 6) is -0.321. The van der Waals surface area contributed by atoms with Crippen molar-refractivity contribution in [3.63, 3.8) is 0 Å². The Morgan fingerprint density at radius 3 is 3.06 bits per heavy atom. The van der Waals surface area contributed by atoms with Crippen molar-refractivity contribution in [2.45, 2.75) is 6.42 Å². The van der Waals surface area contributed by atoms with Crippen molar-refractivity contribution in [2.75, 3.05) is 6.61 Å². The maximum atomic E-state index is 11.0. The molecular formula is C12H9BrN2O3. The molecule has 0 amide bonds. The molecule has 0 radical (unpaired) electrons. The van der Waals surface area contributed by atoms with Gasteiger partial charge in [-0.25, -0.2) is 9.48 Å². The van der Waals surface area contributed by atoms with Gasteiger partial charge in [0.1, 0.15) is 11.4 Å². The summed E-state index contributed by atoms with van der Waals surface area (Å²) in [6, 6.07) is 7.17. The molecule has 0 saturated carbocycles. The van der Waals surface area contributed by atoms with Crippen LogP contribution < -0.4 is 4.74 Å². The van der Waals surface area contributed by atoms with Crippen molar-refractivity contribution in [1.29, 1.82) is 0 Å². The first kappa shape index (κ1) is 11.3. The van der Waals surface area contributed by atoms with Crippen LogP contribution in [-0.2, 0) is 6.42 Å². The van der Waals surface area contributed by atoms with Crippen LogP contribution in [0.3, 0.4) is 0 Å². The van der Waals surface area contributed by atoms with Gasteiger partial charge >= 0.3 is 5.97 Å². The lowest BCUT2D eigenvalue weighted by Gasteiger charge is -2.08. The molecule has 1 aromatic heterocycles. The lowest BCUT2D eigenvalue weighted by atomic mass is 10.2. The number of halogens is 1. The van der Waals surface area contributed by atoms with Crippen LogP contribution in [0.5, 0.6) is 5.75 Å². The summed E-state index contributed by atoms with van der Waals surface area (Å²) in [5.41, 5.74) is 1.66. The number of benzene rings is 1. The Morgan fingerprint density at radius 1 is 1.44 bits per heavy atom. The smallest absolute Gasteiger partial charge is 0.356 e. The molecule has 1 aliphatic heterocycles. The molecule has 0 atom stereocenters. The van der Waals surface area contributed by atoms with Crippen LogP contribution >= 0.6 is 15.9 Å². The standard InChI is InChI=1S/C12H9BrN2O3/c13-7-1-2-10-11(5-7)18-4-3-8-6-9(12(16)17)14-15(8)10/h1-2,5-6H,3-4H2,(H,16,17). The average molecular weight is 309 g/mol. The van der Waals surface area contributed by atoms with Gasteiger partial charge in [0.25, 0.3) is 0 Å². The Balaban J connectivity index is 2.20. The van der Waals surface area contributed by atoms with Crippen LogP contribution in [0.4, 0.5) is 0 Å². The second kappa shape index (κ2) is 4.13. The summed E-state index contributed by atoms with van der Waals surface area (Å²) in [7, 11) is 0. The first-order chi connectivity index (χ1) is 8.65. The number of fused-ring (bicyclic) bond motifs is 3. The zero-order chi connectivity index (χ0) is 12.7. The maximum Gasteiger partial charge on any atom is 0.356 e. The molecule has 1 aromatic carbocycles. The van der Waals surface area contributed by atoms with E-state index in [0.717, 1.165) is 15.9 Å². The molecule has 0 bridgehead atoms. The number of hydrogen-bond donors (Lipinski definition) is 1. The minimum Gasteiger partial charge on any atom is -0.491 e. The van der Waals surface area contributed by atoms with Gasteiger partial charge in [0, 0.05) is 16.6 Å². The molecule has 6 heteroatoms. The Hall–Kier alpha value is -1.82. The number of aromatic carboxylic acids is 1. The summed E-state index contributed by atoms with van der Waals surface area (Å²) < 4.78 is 8.18. The molecule has 1 N–H and O–H groups in total. The maximum absolute atomic E-state index is 11.0. The van der Waals surface area contributed by atoms with Gasteiger partial charge < -0.3 is 9.84 Å². The van der Waals surface area contributed by atoms with E-state index in [0.29, 0.717) is 18.8 Å². The Morgan fingerprint density at radius 2 is 2.28 bits per heavy atom. The summed E-state index contributed by atoms with van der Waals surface area (Å²) in [6.45, 7) is 0.508. The van der Waals surface area contributed by atoms with E-state index in [2.05, 4.69) is 21.0 Å². The molecule has 0 unspecified atom stereocenters. The Bertz CT molecular complexity index is 636. The lowest BCUT2D eigenvalue weighted by Crippen LogP contribution is -2.02. The molecule has 0 saturated heterocycles. The minimum atomic E-state index is -1.02. The highest BCUT2D eigenvalue weighted by Crippen LogP contribution is 2.30. The summed E-state index contributed by atoms with van der Waals surface area (Å²) in [5, 5.41) is 13.1. The highest BCUT2D eigenvalue weighted by Gasteiger charge is 2.19. The van der Waals surface area contributed by atoms with E-state index in [1.807, 2.05) is 18.2 Å². The van der Waals surface area contributed by atoms with Gasteiger partial charge in [-0.15, -0.1) is 0 Å². The van der Waals surface area contributed by atoms with E-state index in [1.165, 1.54) is 0 Å². The van der Waals surface area contributed by atoms with E-state index in [4.69, 9.17) is 9.84 Å². The number of carboxylic acids is 1. The second-order valence-electron chi connectivity index (χ2n) is 3.95. The number of rotatable bonds is 1. The number of carbonyl (C=O) groups is 1. The molecule has 0 fully saturated rings. The number of hydrogen-bond acceptors (Lipinski definition) is 3. The predicted octanol–water partition coefficient (Wildman–Crippen LogP) is 2.27. The van der Waals surface area contributed by atoms with Crippen molar-refractivity contribution in [1.82, 2.24) is 9.78 Å². The van der Waals surface area contributed by atoms with Crippen LogP contribution in [0.1, 0.15) is 16.2 Å². The van der Waals surface area contributed by atoms with Crippen LogP contribution in [-0.4, -0.2) is 27.5 Å². The van der Waals surface area contributed by atoms with E-state index in [9.17, 15) is 4.79 Å². The fourth-order valence-electron chi connectivity index (χ4n) is 1.96. The van der Waals surface area contributed by atoms with Gasteiger partial charge in [-0.1, -0.05) is 15.9 Å². The highest BCUT2D eigenvalue weighted by molar-refractivity contribution is 9.10. The van der Waals surface area contributed by atoms with Crippen LogP contribution in [0.15, 0.2) is 28.7 Å². The molecule has 92 valence electrons. The summed E-state index contributed by atoms with van der Waals surface area (Å²) in [4.78, 5) is 11.0. The summed E-state index contributed by atoms with van der Waals surface area (Å²) in [6.07, 6.45) is 0.632. The van der Waals surface area contributed by atoms with Gasteiger partial charge in [-0.2, -0.15) is 5.10 Å². The second-order valence-corrected chi connectivity index (χ2v) is 4.86. The molecule has 3 rings (SSSR count). The Labute approximate surface area is 111 Å². The minimum absolute atomic E-state index is 0.0563. The van der Waals surface area contributed by atoms with Crippen molar-refractivity contribution < 1.29 is 14.6 Å². The van der Waals surface area contributed by atoms with Crippen LogP contribution in [0.25, 0.3) is 5.69 Å². The first-order valence-electron chi connectivity index (χ1n) is 5.40. The number of nitrogens with zero attached hydrogens (tertiary/aromatic N) is 2. The normalized spacial score (nSPS) is 13.2. The Kier molecular flexibility index (Phi) is 2.59. The number of ether oxygens (including phenoxy) is 1. The molecule has 0 spiro atoms. The van der Waals surface area contributed by atoms with Gasteiger partial charge in [0.2, 0.25) is 0 Å². The lowest BCUT2D eigenvalue weighted by molar-refractivity contribution is 0.0690. The zero-order valence-corrected chi connectivity index (χ0v) is 10.8. The topological polar surface area (TPSA) is 64.3 Å². The molecule has 2 aromatic rings. The molecule has 2 heterocycles. The number of aromatic nitrogens is 2. The molecule has 5 nitrogen and oxygen atoms in total. The third kappa shape index (κ3) is 1.78. The highest BCUT2D eigenvalue weighted by atomic mass is 79.9. The van der Waals surface area contributed by atoms with E-state index >= 15 is 0 Å². The fraction of sp³-hybridized carbons (Fsp3) is 0.167.